The summed E-state index contributed by atoms with van der Waals surface area (Å²) >= 11 is 13.4. The Labute approximate surface area is 163 Å². The first kappa shape index (κ1) is 18.6. The van der Waals surface area contributed by atoms with Gasteiger partial charge in [0.2, 0.25) is 0 Å². The molecule has 0 saturated carbocycles. The van der Waals surface area contributed by atoms with Gasteiger partial charge in [-0.1, -0.05) is 46.7 Å². The van der Waals surface area contributed by atoms with E-state index in [0.29, 0.717) is 9.82 Å². The highest BCUT2D eigenvalue weighted by Crippen LogP contribution is 2.23. The molecule has 1 amide bonds. The van der Waals surface area contributed by atoms with E-state index in [0.717, 1.165) is 15.8 Å². The minimum absolute atomic E-state index is 0.0449. The summed E-state index contributed by atoms with van der Waals surface area (Å²) in [5.41, 5.74) is 2.02. The van der Waals surface area contributed by atoms with E-state index in [9.17, 15) is 9.59 Å². The smallest absolute Gasteiger partial charge is 0.325 e. The number of esters is 1. The van der Waals surface area contributed by atoms with Gasteiger partial charge in [0.05, 0.1) is 27.9 Å². The number of aromatic nitrogens is 1. The van der Waals surface area contributed by atoms with E-state index in [-0.39, 0.29) is 17.1 Å². The maximum Gasteiger partial charge on any atom is 0.325 e. The summed E-state index contributed by atoms with van der Waals surface area (Å²) in [6.07, 6.45) is 0. The van der Waals surface area contributed by atoms with Gasteiger partial charge in [-0.05, 0) is 36.8 Å². The Bertz CT molecular complexity index is 1090. The van der Waals surface area contributed by atoms with Gasteiger partial charge in [0.15, 0.2) is 4.80 Å². The molecular weight excluding hydrogens is 395 g/mol. The molecule has 3 rings (SSSR count). The monoisotopic (exact) mass is 408 g/mol. The number of carbonyl (C=O) groups is 2. The number of amides is 1. The summed E-state index contributed by atoms with van der Waals surface area (Å²) in [7, 11) is 1.32. The minimum Gasteiger partial charge on any atom is -0.468 e. The van der Waals surface area contributed by atoms with Crippen LogP contribution in [0.1, 0.15) is 15.9 Å². The molecule has 2 aromatic carbocycles. The highest BCUT2D eigenvalue weighted by Gasteiger charge is 2.15. The summed E-state index contributed by atoms with van der Waals surface area (Å²) in [6, 6.07) is 10.4. The first-order chi connectivity index (χ1) is 12.4. The molecule has 0 radical (unpaired) electrons. The number of ether oxygens (including phenoxy) is 1. The largest absolute Gasteiger partial charge is 0.468 e. The van der Waals surface area contributed by atoms with Gasteiger partial charge in [-0.2, -0.15) is 4.99 Å². The first-order valence-electron chi connectivity index (χ1n) is 7.60. The van der Waals surface area contributed by atoms with Crippen LogP contribution in [0.5, 0.6) is 0 Å². The van der Waals surface area contributed by atoms with Crippen molar-refractivity contribution in [3.63, 3.8) is 0 Å². The molecule has 0 spiro atoms. The molecule has 1 heterocycles. The Morgan fingerprint density at radius 3 is 2.73 bits per heavy atom. The van der Waals surface area contributed by atoms with Gasteiger partial charge >= 0.3 is 5.97 Å². The molecule has 0 saturated heterocycles. The molecule has 0 fully saturated rings. The molecule has 0 bridgehead atoms. The fourth-order valence-corrected chi connectivity index (χ4v) is 4.02. The van der Waals surface area contributed by atoms with Crippen LogP contribution < -0.4 is 4.80 Å². The van der Waals surface area contributed by atoms with Crippen molar-refractivity contribution in [2.45, 2.75) is 13.5 Å². The van der Waals surface area contributed by atoms with E-state index in [4.69, 9.17) is 27.9 Å². The molecule has 5 nitrogen and oxygen atoms in total. The maximum absolute atomic E-state index is 12.6. The number of thiazole rings is 1. The molecular formula is C18H14Cl2N2O3S. The highest BCUT2D eigenvalue weighted by molar-refractivity contribution is 7.16. The highest BCUT2D eigenvalue weighted by atomic mass is 35.5. The van der Waals surface area contributed by atoms with Crippen LogP contribution in [0.15, 0.2) is 41.4 Å². The predicted octanol–water partition coefficient (Wildman–Crippen LogP) is 4.23. The van der Waals surface area contributed by atoms with Gasteiger partial charge in [0, 0.05) is 5.02 Å². The minimum atomic E-state index is -0.527. The summed E-state index contributed by atoms with van der Waals surface area (Å²) in [5.74, 6) is -0.956. The Morgan fingerprint density at radius 2 is 2.00 bits per heavy atom. The zero-order valence-electron chi connectivity index (χ0n) is 14.0. The number of aryl methyl sites for hydroxylation is 1. The van der Waals surface area contributed by atoms with Crippen LogP contribution in [0.4, 0.5) is 0 Å². The summed E-state index contributed by atoms with van der Waals surface area (Å²) in [4.78, 5) is 29.0. The van der Waals surface area contributed by atoms with Crippen LogP contribution in [0.2, 0.25) is 10.0 Å². The van der Waals surface area contributed by atoms with Crippen molar-refractivity contribution < 1.29 is 14.3 Å². The molecule has 0 aliphatic carbocycles. The molecule has 26 heavy (non-hydrogen) atoms. The molecule has 1 aromatic heterocycles. The molecule has 0 aliphatic heterocycles. The molecule has 8 heteroatoms. The van der Waals surface area contributed by atoms with Crippen LogP contribution in [-0.4, -0.2) is 23.6 Å². The van der Waals surface area contributed by atoms with E-state index in [1.165, 1.54) is 24.5 Å². The van der Waals surface area contributed by atoms with Crippen molar-refractivity contribution >= 4 is 56.6 Å². The fraction of sp³-hybridized carbons (Fsp3) is 0.167. The summed E-state index contributed by atoms with van der Waals surface area (Å²) in [6.45, 7) is 1.89. The van der Waals surface area contributed by atoms with Gasteiger partial charge in [0.1, 0.15) is 6.54 Å². The van der Waals surface area contributed by atoms with Gasteiger partial charge in [-0.3, -0.25) is 9.59 Å². The summed E-state index contributed by atoms with van der Waals surface area (Å²) in [5, 5.41) is 0.655. The van der Waals surface area contributed by atoms with Gasteiger partial charge in [-0.25, -0.2) is 0 Å². The van der Waals surface area contributed by atoms with Crippen molar-refractivity contribution in [2.75, 3.05) is 7.11 Å². The second-order valence-electron chi connectivity index (χ2n) is 5.51. The second-order valence-corrected chi connectivity index (χ2v) is 7.36. The van der Waals surface area contributed by atoms with Crippen molar-refractivity contribution in [1.82, 2.24) is 4.57 Å². The van der Waals surface area contributed by atoms with E-state index >= 15 is 0 Å². The molecule has 3 aromatic rings. The lowest BCUT2D eigenvalue weighted by molar-refractivity contribution is -0.141. The van der Waals surface area contributed by atoms with Gasteiger partial charge in [-0.15, -0.1) is 0 Å². The lowest BCUT2D eigenvalue weighted by Crippen LogP contribution is -2.22. The van der Waals surface area contributed by atoms with Crippen LogP contribution in [0, 0.1) is 6.92 Å². The Balaban J connectivity index is 2.20. The zero-order valence-corrected chi connectivity index (χ0v) is 16.3. The van der Waals surface area contributed by atoms with Crippen molar-refractivity contribution in [1.29, 1.82) is 0 Å². The molecule has 0 unspecified atom stereocenters. The third-order valence-corrected chi connectivity index (χ3v) is 5.38. The molecule has 0 aliphatic rings. The Kier molecular flexibility index (Phi) is 5.46. The number of methoxy groups -OCH3 is 1. The average molecular weight is 409 g/mol. The van der Waals surface area contributed by atoms with Crippen molar-refractivity contribution in [2.24, 2.45) is 4.99 Å². The number of hydrogen-bond donors (Lipinski definition) is 0. The zero-order chi connectivity index (χ0) is 18.8. The van der Waals surface area contributed by atoms with Crippen LogP contribution in [-0.2, 0) is 16.1 Å². The molecule has 0 atom stereocenters. The third-order valence-electron chi connectivity index (χ3n) is 3.77. The third kappa shape index (κ3) is 3.67. The van der Waals surface area contributed by atoms with Crippen LogP contribution in [0.25, 0.3) is 10.2 Å². The normalized spacial score (nSPS) is 11.8. The fourth-order valence-electron chi connectivity index (χ4n) is 2.54. The number of para-hydroxylation sites is 1. The second kappa shape index (κ2) is 7.61. The van der Waals surface area contributed by atoms with Crippen LogP contribution in [0.3, 0.4) is 0 Å². The van der Waals surface area contributed by atoms with Crippen LogP contribution >= 0.6 is 34.5 Å². The molecule has 0 N–H and O–H groups in total. The SMILES string of the molecule is COC(=O)Cn1c(=NC(=O)c2cc(Cl)ccc2Cl)sc2cccc(C)c21. The number of rotatable bonds is 3. The standard InChI is InChI=1S/C18H14Cl2N2O3S/c1-10-4-3-5-14-16(10)22(9-15(23)25-2)18(26-14)21-17(24)12-8-11(19)6-7-13(12)20/h3-8H,9H2,1-2H3. The van der Waals surface area contributed by atoms with E-state index in [1.807, 2.05) is 25.1 Å². The maximum atomic E-state index is 12.6. The van der Waals surface area contributed by atoms with Gasteiger partial charge < -0.3 is 9.30 Å². The molecule has 134 valence electrons. The van der Waals surface area contributed by atoms with E-state index < -0.39 is 11.9 Å². The average Bonchev–Trinajstić information content (AvgIpc) is 2.95. The first-order valence-corrected chi connectivity index (χ1v) is 9.18. The van der Waals surface area contributed by atoms with E-state index in [2.05, 4.69) is 4.99 Å². The Morgan fingerprint density at radius 1 is 1.23 bits per heavy atom. The Hall–Kier alpha value is -2.15. The van der Waals surface area contributed by atoms with Crippen molar-refractivity contribution in [3.05, 3.63) is 62.4 Å². The summed E-state index contributed by atoms with van der Waals surface area (Å²) < 4.78 is 7.36. The number of hydrogen-bond acceptors (Lipinski definition) is 4. The number of benzene rings is 2. The number of nitrogens with zero attached hydrogens (tertiary/aromatic N) is 2. The lowest BCUT2D eigenvalue weighted by atomic mass is 10.2. The topological polar surface area (TPSA) is 60.7 Å². The van der Waals surface area contributed by atoms with Gasteiger partial charge in [0.25, 0.3) is 5.91 Å². The quantitative estimate of drug-likeness (QED) is 0.609. The number of halogens is 2. The number of carbonyl (C=O) groups excluding carboxylic acids is 2. The lowest BCUT2D eigenvalue weighted by Gasteiger charge is -2.06. The van der Waals surface area contributed by atoms with E-state index in [1.54, 1.807) is 16.7 Å². The van der Waals surface area contributed by atoms with Crippen molar-refractivity contribution in [3.8, 4) is 0 Å². The number of fused-ring (bicyclic) bond motifs is 1. The predicted molar refractivity (Wildman–Crippen MR) is 103 cm³/mol.